The maximum Gasteiger partial charge on any atom is 0.233 e. The Kier molecular flexibility index (Phi) is 5.11. The molecule has 4 rings (SSSR count). The van der Waals surface area contributed by atoms with Crippen molar-refractivity contribution < 1.29 is 9.53 Å². The fourth-order valence-electron chi connectivity index (χ4n) is 3.24. The molecule has 1 aliphatic rings. The molecule has 1 aromatic heterocycles. The van der Waals surface area contributed by atoms with Gasteiger partial charge in [-0.05, 0) is 29.7 Å². The van der Waals surface area contributed by atoms with E-state index >= 15 is 0 Å². The van der Waals surface area contributed by atoms with E-state index in [1.807, 2.05) is 39.8 Å². The van der Waals surface area contributed by atoms with Gasteiger partial charge in [-0.15, -0.1) is 10.2 Å². The van der Waals surface area contributed by atoms with Crippen LogP contribution in [0.4, 0.5) is 0 Å². The van der Waals surface area contributed by atoms with Crippen LogP contribution in [0.3, 0.4) is 0 Å². The van der Waals surface area contributed by atoms with Crippen molar-refractivity contribution in [3.05, 3.63) is 66.0 Å². The molecule has 3 aromatic rings. The second-order valence-electron chi connectivity index (χ2n) is 6.28. The number of rotatable bonds is 5. The summed E-state index contributed by atoms with van der Waals surface area (Å²) < 4.78 is 7.27. The third kappa shape index (κ3) is 3.68. The van der Waals surface area contributed by atoms with Crippen LogP contribution in [0.15, 0.2) is 60.0 Å². The van der Waals surface area contributed by atoms with Crippen LogP contribution in [0.1, 0.15) is 11.1 Å². The second kappa shape index (κ2) is 7.84. The molecular weight excluding hydrogens is 360 g/mol. The van der Waals surface area contributed by atoms with E-state index in [0.29, 0.717) is 17.5 Å². The minimum absolute atomic E-state index is 0.115. The molecule has 1 amide bonds. The molecule has 0 unspecified atom stereocenters. The third-order valence-electron chi connectivity index (χ3n) is 4.67. The van der Waals surface area contributed by atoms with Gasteiger partial charge in [0, 0.05) is 13.1 Å². The van der Waals surface area contributed by atoms with Crippen LogP contribution in [0.25, 0.3) is 5.69 Å². The molecule has 0 atom stereocenters. The predicted octanol–water partition coefficient (Wildman–Crippen LogP) is 2.95. The molecule has 1 aliphatic heterocycles. The summed E-state index contributed by atoms with van der Waals surface area (Å²) in [4.78, 5) is 14.6. The van der Waals surface area contributed by atoms with Crippen LogP contribution in [0, 0.1) is 0 Å². The quantitative estimate of drug-likeness (QED) is 0.637. The number of carbonyl (C=O) groups excluding carboxylic acids is 1. The number of aromatic nitrogens is 3. The number of methoxy groups -OCH3 is 1. The van der Waals surface area contributed by atoms with Crippen LogP contribution in [-0.2, 0) is 17.8 Å². The number of amides is 1. The monoisotopic (exact) mass is 380 g/mol. The summed E-state index contributed by atoms with van der Waals surface area (Å²) in [6.45, 7) is 1.43. The molecule has 0 radical (unpaired) electrons. The number of nitrogens with zero attached hydrogens (tertiary/aromatic N) is 4. The number of carbonyl (C=O) groups is 1. The zero-order chi connectivity index (χ0) is 18.6. The van der Waals surface area contributed by atoms with Crippen molar-refractivity contribution in [3.8, 4) is 11.4 Å². The number of thioether (sulfide) groups is 1. The normalized spacial score (nSPS) is 13.3. The van der Waals surface area contributed by atoms with Crippen LogP contribution < -0.4 is 4.74 Å². The zero-order valence-electron chi connectivity index (χ0n) is 15.0. The summed E-state index contributed by atoms with van der Waals surface area (Å²) in [6, 6.07) is 16.0. The Morgan fingerprint density at radius 3 is 2.78 bits per heavy atom. The molecule has 27 heavy (non-hydrogen) atoms. The van der Waals surface area contributed by atoms with Crippen molar-refractivity contribution in [3.63, 3.8) is 0 Å². The smallest absolute Gasteiger partial charge is 0.233 e. The van der Waals surface area contributed by atoms with E-state index in [9.17, 15) is 4.79 Å². The van der Waals surface area contributed by atoms with Crippen molar-refractivity contribution in [1.29, 1.82) is 0 Å². The number of hydrogen-bond acceptors (Lipinski definition) is 5. The highest BCUT2D eigenvalue weighted by molar-refractivity contribution is 7.99. The van der Waals surface area contributed by atoms with Crippen molar-refractivity contribution in [2.24, 2.45) is 0 Å². The molecule has 0 saturated heterocycles. The molecule has 2 aromatic carbocycles. The first-order chi connectivity index (χ1) is 13.3. The Labute approximate surface area is 162 Å². The van der Waals surface area contributed by atoms with Crippen LogP contribution in [0.2, 0.25) is 0 Å². The summed E-state index contributed by atoms with van der Waals surface area (Å²) in [5, 5.41) is 8.85. The number of ether oxygens (including phenoxy) is 1. The zero-order valence-corrected chi connectivity index (χ0v) is 15.9. The lowest BCUT2D eigenvalue weighted by molar-refractivity contribution is -0.129. The number of para-hydroxylation sites is 2. The van der Waals surface area contributed by atoms with Gasteiger partial charge < -0.3 is 9.64 Å². The molecule has 2 heterocycles. The molecule has 7 heteroatoms. The Morgan fingerprint density at radius 1 is 1.15 bits per heavy atom. The van der Waals surface area contributed by atoms with Crippen LogP contribution in [0.5, 0.6) is 5.75 Å². The van der Waals surface area contributed by atoms with Crippen molar-refractivity contribution in [2.75, 3.05) is 19.4 Å². The SMILES string of the molecule is COc1ccccc1-n1cnnc1SCC(=O)N1CCc2ccccc2C1. The summed E-state index contributed by atoms with van der Waals surface area (Å²) in [5.41, 5.74) is 3.43. The van der Waals surface area contributed by atoms with Crippen molar-refractivity contribution in [1.82, 2.24) is 19.7 Å². The number of fused-ring (bicyclic) bond motifs is 1. The van der Waals surface area contributed by atoms with Gasteiger partial charge >= 0.3 is 0 Å². The van der Waals surface area contributed by atoms with Gasteiger partial charge in [-0.1, -0.05) is 48.2 Å². The average molecular weight is 380 g/mol. The first-order valence-electron chi connectivity index (χ1n) is 8.77. The highest BCUT2D eigenvalue weighted by atomic mass is 32.2. The summed E-state index contributed by atoms with van der Waals surface area (Å²) in [6.07, 6.45) is 2.55. The number of hydrogen-bond donors (Lipinski definition) is 0. The van der Waals surface area contributed by atoms with E-state index in [-0.39, 0.29) is 5.91 Å². The Balaban J connectivity index is 1.44. The van der Waals surface area contributed by atoms with Gasteiger partial charge in [-0.25, -0.2) is 0 Å². The van der Waals surface area contributed by atoms with Crippen LogP contribution in [-0.4, -0.2) is 45.0 Å². The average Bonchev–Trinajstić information content (AvgIpc) is 3.20. The van der Waals surface area contributed by atoms with Gasteiger partial charge in [0.15, 0.2) is 5.16 Å². The largest absolute Gasteiger partial charge is 0.495 e. The van der Waals surface area contributed by atoms with Crippen molar-refractivity contribution >= 4 is 17.7 Å². The molecule has 0 bridgehead atoms. The van der Waals surface area contributed by atoms with Gasteiger partial charge in [0.2, 0.25) is 5.91 Å². The fourth-order valence-corrected chi connectivity index (χ4v) is 4.07. The maximum atomic E-state index is 12.7. The standard InChI is InChI=1S/C20H20N4O2S/c1-26-18-9-5-4-8-17(18)24-14-21-22-20(24)27-13-19(25)23-11-10-15-6-2-3-7-16(15)12-23/h2-9,14H,10-13H2,1H3. The first-order valence-corrected chi connectivity index (χ1v) is 9.75. The topological polar surface area (TPSA) is 60.2 Å². The molecule has 0 spiro atoms. The number of benzene rings is 2. The first kappa shape index (κ1) is 17.6. The molecule has 6 nitrogen and oxygen atoms in total. The summed E-state index contributed by atoms with van der Waals surface area (Å²) in [7, 11) is 1.63. The lowest BCUT2D eigenvalue weighted by Crippen LogP contribution is -2.37. The van der Waals surface area contributed by atoms with Gasteiger partial charge in [0.1, 0.15) is 12.1 Å². The third-order valence-corrected chi connectivity index (χ3v) is 5.60. The van der Waals surface area contributed by atoms with Gasteiger partial charge in [0.05, 0.1) is 18.6 Å². The fraction of sp³-hybridized carbons (Fsp3) is 0.250. The van der Waals surface area contributed by atoms with E-state index in [4.69, 9.17) is 4.74 Å². The van der Waals surface area contributed by atoms with E-state index in [1.54, 1.807) is 13.4 Å². The van der Waals surface area contributed by atoms with Gasteiger partial charge in [0.25, 0.3) is 0 Å². The van der Waals surface area contributed by atoms with E-state index in [1.165, 1.54) is 22.9 Å². The van der Waals surface area contributed by atoms with Crippen LogP contribution >= 0.6 is 11.8 Å². The highest BCUT2D eigenvalue weighted by Crippen LogP contribution is 2.27. The van der Waals surface area contributed by atoms with E-state index in [0.717, 1.165) is 24.4 Å². The Bertz CT molecular complexity index is 956. The lowest BCUT2D eigenvalue weighted by atomic mass is 10.00. The van der Waals surface area contributed by atoms with E-state index in [2.05, 4.69) is 28.4 Å². The Hall–Kier alpha value is -2.80. The molecule has 0 aliphatic carbocycles. The summed E-state index contributed by atoms with van der Waals surface area (Å²) >= 11 is 1.39. The van der Waals surface area contributed by atoms with Gasteiger partial charge in [-0.2, -0.15) is 0 Å². The molecule has 0 saturated carbocycles. The molecular formula is C20H20N4O2S. The minimum Gasteiger partial charge on any atom is -0.495 e. The van der Waals surface area contributed by atoms with Crippen molar-refractivity contribution in [2.45, 2.75) is 18.1 Å². The maximum absolute atomic E-state index is 12.7. The van der Waals surface area contributed by atoms with Gasteiger partial charge in [-0.3, -0.25) is 9.36 Å². The molecule has 0 fully saturated rings. The predicted molar refractivity (Wildman–Crippen MR) is 104 cm³/mol. The summed E-state index contributed by atoms with van der Waals surface area (Å²) in [5.74, 6) is 1.18. The Morgan fingerprint density at radius 2 is 1.93 bits per heavy atom. The van der Waals surface area contributed by atoms with E-state index < -0.39 is 0 Å². The highest BCUT2D eigenvalue weighted by Gasteiger charge is 2.21. The minimum atomic E-state index is 0.115. The molecule has 138 valence electrons. The second-order valence-corrected chi connectivity index (χ2v) is 7.22. The molecule has 0 N–H and O–H groups in total. The lowest BCUT2D eigenvalue weighted by Gasteiger charge is -2.28.